The lowest BCUT2D eigenvalue weighted by atomic mass is 10.1. The van der Waals surface area contributed by atoms with E-state index in [1.807, 2.05) is 6.07 Å². The first-order valence-electron chi connectivity index (χ1n) is 7.40. The Bertz CT molecular complexity index is 711. The number of benzene rings is 2. The molecule has 4 nitrogen and oxygen atoms in total. The molecule has 3 rings (SSSR count). The summed E-state index contributed by atoms with van der Waals surface area (Å²) in [5.74, 6) is -0.681. The van der Waals surface area contributed by atoms with E-state index in [-0.39, 0.29) is 5.91 Å². The SMILES string of the molecule is CNC(=O)c1ccc(C(N)=O)cc1.Clc1ccc2c(c1)CCC2. The second kappa shape index (κ2) is 7.79. The van der Waals surface area contributed by atoms with E-state index in [1.165, 1.54) is 42.5 Å². The van der Waals surface area contributed by atoms with Gasteiger partial charge in [0, 0.05) is 23.2 Å². The zero-order valence-electron chi connectivity index (χ0n) is 12.9. The van der Waals surface area contributed by atoms with Crippen LogP contribution in [0.1, 0.15) is 38.3 Å². The highest BCUT2D eigenvalue weighted by molar-refractivity contribution is 6.30. The Morgan fingerprint density at radius 1 is 1.00 bits per heavy atom. The monoisotopic (exact) mass is 330 g/mol. The van der Waals surface area contributed by atoms with E-state index in [4.69, 9.17) is 17.3 Å². The Hall–Kier alpha value is -2.33. The first-order valence-corrected chi connectivity index (χ1v) is 7.78. The van der Waals surface area contributed by atoms with Crippen LogP contribution in [0.4, 0.5) is 0 Å². The van der Waals surface area contributed by atoms with Crippen molar-refractivity contribution in [2.45, 2.75) is 19.3 Å². The zero-order chi connectivity index (χ0) is 16.8. The zero-order valence-corrected chi connectivity index (χ0v) is 13.7. The molecule has 0 heterocycles. The number of hydrogen-bond donors (Lipinski definition) is 2. The molecule has 2 aromatic carbocycles. The van der Waals surface area contributed by atoms with Gasteiger partial charge in [0.05, 0.1) is 0 Å². The molecule has 5 heteroatoms. The summed E-state index contributed by atoms with van der Waals surface area (Å²) < 4.78 is 0. The van der Waals surface area contributed by atoms with Gasteiger partial charge in [0.15, 0.2) is 0 Å². The molecule has 1 aliphatic carbocycles. The third-order valence-corrected chi connectivity index (χ3v) is 3.95. The van der Waals surface area contributed by atoms with Gasteiger partial charge in [-0.1, -0.05) is 17.7 Å². The number of primary amides is 1. The van der Waals surface area contributed by atoms with Crippen molar-refractivity contribution in [1.29, 1.82) is 0 Å². The summed E-state index contributed by atoms with van der Waals surface area (Å²) in [7, 11) is 1.55. The molecular formula is C18H19ClN2O2. The van der Waals surface area contributed by atoms with Gasteiger partial charge >= 0.3 is 0 Å². The minimum absolute atomic E-state index is 0.184. The van der Waals surface area contributed by atoms with E-state index in [1.54, 1.807) is 19.2 Å². The van der Waals surface area contributed by atoms with E-state index >= 15 is 0 Å². The fourth-order valence-corrected chi connectivity index (χ4v) is 2.67. The molecule has 0 aromatic heterocycles. The standard InChI is InChI=1S/C9H9Cl.C9H10N2O2/c10-9-5-4-7-2-1-3-8(7)6-9;1-11-9(13)7-4-2-6(3-5-7)8(10)12/h4-6H,1-3H2;2-5H,1H3,(H2,10,12)(H,11,13). The smallest absolute Gasteiger partial charge is 0.251 e. The fraction of sp³-hybridized carbons (Fsp3) is 0.222. The Morgan fingerprint density at radius 3 is 2.22 bits per heavy atom. The van der Waals surface area contributed by atoms with E-state index in [2.05, 4.69) is 17.4 Å². The number of carbonyl (C=O) groups is 2. The average molecular weight is 331 g/mol. The minimum Gasteiger partial charge on any atom is -0.366 e. The fourth-order valence-electron chi connectivity index (χ4n) is 2.47. The molecule has 2 amide bonds. The second-order valence-corrected chi connectivity index (χ2v) is 5.72. The Kier molecular flexibility index (Phi) is 5.77. The van der Waals surface area contributed by atoms with Gasteiger partial charge in [-0.25, -0.2) is 0 Å². The van der Waals surface area contributed by atoms with Crippen LogP contribution in [0.2, 0.25) is 5.02 Å². The van der Waals surface area contributed by atoms with Crippen LogP contribution in [-0.2, 0) is 12.8 Å². The summed E-state index contributed by atoms with van der Waals surface area (Å²) in [4.78, 5) is 21.7. The molecular weight excluding hydrogens is 312 g/mol. The Labute approximate surface area is 140 Å². The molecule has 0 unspecified atom stereocenters. The van der Waals surface area contributed by atoms with E-state index in [9.17, 15) is 9.59 Å². The first kappa shape index (κ1) is 17.0. The van der Waals surface area contributed by atoms with Crippen LogP contribution in [0.25, 0.3) is 0 Å². The molecule has 0 bridgehead atoms. The van der Waals surface area contributed by atoms with Crippen molar-refractivity contribution >= 4 is 23.4 Å². The molecule has 0 saturated heterocycles. The third-order valence-electron chi connectivity index (χ3n) is 3.72. The quantitative estimate of drug-likeness (QED) is 0.888. The van der Waals surface area contributed by atoms with Crippen molar-refractivity contribution in [2.24, 2.45) is 5.73 Å². The maximum absolute atomic E-state index is 11.1. The highest BCUT2D eigenvalue weighted by Gasteiger charge is 2.09. The molecule has 23 heavy (non-hydrogen) atoms. The van der Waals surface area contributed by atoms with Crippen molar-refractivity contribution < 1.29 is 9.59 Å². The van der Waals surface area contributed by atoms with Gasteiger partial charge in [-0.2, -0.15) is 0 Å². The number of nitrogens with one attached hydrogen (secondary N) is 1. The lowest BCUT2D eigenvalue weighted by Gasteiger charge is -1.99. The van der Waals surface area contributed by atoms with Crippen molar-refractivity contribution in [1.82, 2.24) is 5.32 Å². The lowest BCUT2D eigenvalue weighted by Crippen LogP contribution is -2.18. The number of carbonyl (C=O) groups excluding carboxylic acids is 2. The maximum atomic E-state index is 11.1. The summed E-state index contributed by atoms with van der Waals surface area (Å²) in [5.41, 5.74) is 8.88. The van der Waals surface area contributed by atoms with Crippen LogP contribution in [0.3, 0.4) is 0 Å². The van der Waals surface area contributed by atoms with Gasteiger partial charge < -0.3 is 11.1 Å². The van der Waals surface area contributed by atoms with Crippen molar-refractivity contribution in [3.63, 3.8) is 0 Å². The predicted molar refractivity (Wildman–Crippen MR) is 91.8 cm³/mol. The van der Waals surface area contributed by atoms with Crippen LogP contribution >= 0.6 is 11.6 Å². The molecule has 0 saturated carbocycles. The molecule has 1 aliphatic rings. The van der Waals surface area contributed by atoms with Crippen molar-refractivity contribution in [3.8, 4) is 0 Å². The Balaban J connectivity index is 0.000000172. The number of aryl methyl sites for hydroxylation is 2. The largest absolute Gasteiger partial charge is 0.366 e. The molecule has 0 spiro atoms. The molecule has 3 N–H and O–H groups in total. The van der Waals surface area contributed by atoms with Gasteiger partial charge in [-0.3, -0.25) is 9.59 Å². The number of halogens is 1. The van der Waals surface area contributed by atoms with Crippen molar-refractivity contribution in [3.05, 3.63) is 69.7 Å². The molecule has 0 atom stereocenters. The lowest BCUT2D eigenvalue weighted by molar-refractivity contribution is 0.0959. The normalized spacial score (nSPS) is 11.9. The van der Waals surface area contributed by atoms with Gasteiger partial charge in [0.2, 0.25) is 5.91 Å². The van der Waals surface area contributed by atoms with Gasteiger partial charge in [-0.15, -0.1) is 0 Å². The molecule has 2 aromatic rings. The van der Waals surface area contributed by atoms with Crippen LogP contribution < -0.4 is 11.1 Å². The molecule has 0 aliphatic heterocycles. The Morgan fingerprint density at radius 2 is 1.61 bits per heavy atom. The molecule has 120 valence electrons. The predicted octanol–water partition coefficient (Wildman–Crippen LogP) is 2.97. The molecule has 0 fully saturated rings. The van der Waals surface area contributed by atoms with Crippen LogP contribution in [-0.4, -0.2) is 18.9 Å². The maximum Gasteiger partial charge on any atom is 0.251 e. The average Bonchev–Trinajstić information content (AvgIpc) is 3.02. The van der Waals surface area contributed by atoms with Gasteiger partial charge in [0.1, 0.15) is 0 Å². The van der Waals surface area contributed by atoms with Gasteiger partial charge in [-0.05, 0) is 66.8 Å². The summed E-state index contributed by atoms with van der Waals surface area (Å²) in [6, 6.07) is 12.4. The number of fused-ring (bicyclic) bond motifs is 1. The van der Waals surface area contributed by atoms with E-state index in [0.717, 1.165) is 5.02 Å². The summed E-state index contributed by atoms with van der Waals surface area (Å²) in [6.45, 7) is 0. The third kappa shape index (κ3) is 4.57. The highest BCUT2D eigenvalue weighted by Crippen LogP contribution is 2.24. The van der Waals surface area contributed by atoms with E-state index < -0.39 is 5.91 Å². The van der Waals surface area contributed by atoms with Crippen LogP contribution in [0.5, 0.6) is 0 Å². The number of hydrogen-bond acceptors (Lipinski definition) is 2. The summed E-state index contributed by atoms with van der Waals surface area (Å²) in [5, 5.41) is 3.35. The second-order valence-electron chi connectivity index (χ2n) is 5.29. The van der Waals surface area contributed by atoms with E-state index in [0.29, 0.717) is 11.1 Å². The van der Waals surface area contributed by atoms with Gasteiger partial charge in [0.25, 0.3) is 5.91 Å². The number of nitrogens with two attached hydrogens (primary N) is 1. The highest BCUT2D eigenvalue weighted by atomic mass is 35.5. The topological polar surface area (TPSA) is 72.2 Å². The summed E-state index contributed by atoms with van der Waals surface area (Å²) in [6.07, 6.45) is 3.76. The van der Waals surface area contributed by atoms with Crippen LogP contribution in [0.15, 0.2) is 42.5 Å². The summed E-state index contributed by atoms with van der Waals surface area (Å²) >= 11 is 5.82. The van der Waals surface area contributed by atoms with Crippen LogP contribution in [0, 0.1) is 0 Å². The number of amides is 2. The first-order chi connectivity index (χ1) is 11.0. The molecule has 0 radical (unpaired) electrons. The number of rotatable bonds is 2. The van der Waals surface area contributed by atoms with Crippen molar-refractivity contribution in [2.75, 3.05) is 7.05 Å². The minimum atomic E-state index is -0.497.